The highest BCUT2D eigenvalue weighted by Crippen LogP contribution is 2.26. The molecular weight excluding hydrogens is 220 g/mol. The third-order valence-corrected chi connectivity index (χ3v) is 4.51. The molecule has 1 aliphatic carbocycles. The van der Waals surface area contributed by atoms with Gasteiger partial charge in [0.15, 0.2) is 0 Å². The molecule has 2 nitrogen and oxygen atoms in total. The summed E-state index contributed by atoms with van der Waals surface area (Å²) in [7, 11) is 0. The first-order valence-electron chi connectivity index (χ1n) is 7.58. The van der Waals surface area contributed by atoms with E-state index < -0.39 is 0 Å². The van der Waals surface area contributed by atoms with Gasteiger partial charge in [0, 0.05) is 24.5 Å². The van der Waals surface area contributed by atoms with E-state index in [2.05, 4.69) is 36.7 Å². The van der Waals surface area contributed by atoms with E-state index >= 15 is 0 Å². The first-order chi connectivity index (χ1) is 8.72. The van der Waals surface area contributed by atoms with E-state index in [4.69, 9.17) is 0 Å². The van der Waals surface area contributed by atoms with Crippen molar-refractivity contribution in [3.8, 4) is 0 Å². The molecule has 1 N–H and O–H groups in total. The maximum absolute atomic E-state index is 3.62. The van der Waals surface area contributed by atoms with Gasteiger partial charge >= 0.3 is 0 Å². The molecule has 0 bridgehead atoms. The zero-order valence-corrected chi connectivity index (χ0v) is 12.3. The summed E-state index contributed by atoms with van der Waals surface area (Å²) in [6.07, 6.45) is 7.22. The van der Waals surface area contributed by atoms with Gasteiger partial charge in [-0.15, -0.1) is 0 Å². The van der Waals surface area contributed by atoms with Crippen LogP contribution in [-0.2, 0) is 13.1 Å². The lowest BCUT2D eigenvalue weighted by molar-refractivity contribution is 0.477. The largest absolute Gasteiger partial charge is 0.349 e. The van der Waals surface area contributed by atoms with Gasteiger partial charge in [-0.1, -0.05) is 25.7 Å². The summed E-state index contributed by atoms with van der Waals surface area (Å²) in [5.41, 5.74) is 4.30. The molecule has 0 aliphatic heterocycles. The predicted molar refractivity (Wildman–Crippen MR) is 77.9 cm³/mol. The summed E-state index contributed by atoms with van der Waals surface area (Å²) in [4.78, 5) is 0. The Balaban J connectivity index is 1.76. The topological polar surface area (TPSA) is 17.0 Å². The molecule has 1 saturated carbocycles. The molecule has 1 aromatic rings. The molecule has 0 spiro atoms. The number of nitrogens with one attached hydrogen (secondary N) is 1. The van der Waals surface area contributed by atoms with E-state index in [9.17, 15) is 0 Å². The molecule has 1 aliphatic rings. The maximum atomic E-state index is 3.62. The van der Waals surface area contributed by atoms with Crippen molar-refractivity contribution in [2.45, 2.75) is 66.0 Å². The summed E-state index contributed by atoms with van der Waals surface area (Å²) < 4.78 is 2.40. The molecule has 0 amide bonds. The van der Waals surface area contributed by atoms with Crippen molar-refractivity contribution in [1.29, 1.82) is 0 Å². The van der Waals surface area contributed by atoms with Crippen LogP contribution in [0.5, 0.6) is 0 Å². The molecule has 2 heteroatoms. The van der Waals surface area contributed by atoms with Gasteiger partial charge in [0.2, 0.25) is 0 Å². The second-order valence-corrected chi connectivity index (χ2v) is 5.76. The van der Waals surface area contributed by atoms with E-state index in [1.807, 2.05) is 0 Å². The van der Waals surface area contributed by atoms with Crippen LogP contribution >= 0.6 is 0 Å². The minimum Gasteiger partial charge on any atom is -0.349 e. The lowest BCUT2D eigenvalue weighted by Gasteiger charge is -2.10. The molecule has 0 atom stereocenters. The first kappa shape index (κ1) is 13.7. The summed E-state index contributed by atoms with van der Waals surface area (Å²) in [5, 5.41) is 3.62. The highest BCUT2D eigenvalue weighted by molar-refractivity contribution is 5.26. The SMILES string of the molecule is CCn1c(C)cc(CNCCC2CCCC2)c1C. The summed E-state index contributed by atoms with van der Waals surface area (Å²) in [6.45, 7) is 9.97. The van der Waals surface area contributed by atoms with Crippen LogP contribution in [0.1, 0.15) is 56.0 Å². The van der Waals surface area contributed by atoms with Crippen LogP contribution in [0, 0.1) is 19.8 Å². The number of aromatic nitrogens is 1. The average molecular weight is 248 g/mol. The molecule has 0 radical (unpaired) electrons. The third-order valence-electron chi connectivity index (χ3n) is 4.51. The van der Waals surface area contributed by atoms with Crippen molar-refractivity contribution in [2.75, 3.05) is 6.54 Å². The standard InChI is InChI=1S/C16H28N2/c1-4-18-13(2)11-16(14(18)3)12-17-10-9-15-7-5-6-8-15/h11,15,17H,4-10,12H2,1-3H3. The fraction of sp³-hybridized carbons (Fsp3) is 0.750. The van der Waals surface area contributed by atoms with E-state index in [0.717, 1.165) is 19.0 Å². The molecule has 2 rings (SSSR count). The highest BCUT2D eigenvalue weighted by Gasteiger charge is 2.14. The van der Waals surface area contributed by atoms with Crippen LogP contribution in [-0.4, -0.2) is 11.1 Å². The lowest BCUT2D eigenvalue weighted by Crippen LogP contribution is -2.17. The average Bonchev–Trinajstić information content (AvgIpc) is 2.94. The second-order valence-electron chi connectivity index (χ2n) is 5.76. The van der Waals surface area contributed by atoms with E-state index in [1.165, 1.54) is 55.6 Å². The Labute approximate surface area is 112 Å². The van der Waals surface area contributed by atoms with Gasteiger partial charge in [-0.3, -0.25) is 0 Å². The van der Waals surface area contributed by atoms with Crippen LogP contribution in [0.15, 0.2) is 6.07 Å². The summed E-state index contributed by atoms with van der Waals surface area (Å²) in [6, 6.07) is 2.33. The Morgan fingerprint density at radius 3 is 2.61 bits per heavy atom. The lowest BCUT2D eigenvalue weighted by atomic mass is 10.0. The molecular formula is C16H28N2. The van der Waals surface area contributed by atoms with Crippen LogP contribution in [0.2, 0.25) is 0 Å². The number of nitrogens with zero attached hydrogens (tertiary/aromatic N) is 1. The molecule has 102 valence electrons. The van der Waals surface area contributed by atoms with Crippen LogP contribution in [0.25, 0.3) is 0 Å². The first-order valence-corrected chi connectivity index (χ1v) is 7.58. The Morgan fingerprint density at radius 1 is 1.28 bits per heavy atom. The van der Waals surface area contributed by atoms with Crippen LogP contribution < -0.4 is 5.32 Å². The van der Waals surface area contributed by atoms with Crippen molar-refractivity contribution >= 4 is 0 Å². The van der Waals surface area contributed by atoms with Crippen LogP contribution in [0.3, 0.4) is 0 Å². The van der Waals surface area contributed by atoms with E-state index in [1.54, 1.807) is 0 Å². The summed E-state index contributed by atoms with van der Waals surface area (Å²) in [5.74, 6) is 1.00. The second kappa shape index (κ2) is 6.42. The van der Waals surface area contributed by atoms with Crippen molar-refractivity contribution in [3.05, 3.63) is 23.0 Å². The fourth-order valence-electron chi connectivity index (χ4n) is 3.37. The maximum Gasteiger partial charge on any atom is 0.0223 e. The quantitative estimate of drug-likeness (QED) is 0.758. The Bertz CT molecular complexity index is 373. The van der Waals surface area contributed by atoms with Crippen molar-refractivity contribution in [3.63, 3.8) is 0 Å². The van der Waals surface area contributed by atoms with E-state index in [0.29, 0.717) is 0 Å². The zero-order valence-electron chi connectivity index (χ0n) is 12.3. The molecule has 1 fully saturated rings. The van der Waals surface area contributed by atoms with Crippen molar-refractivity contribution in [1.82, 2.24) is 9.88 Å². The molecule has 1 heterocycles. The number of rotatable bonds is 6. The van der Waals surface area contributed by atoms with Crippen molar-refractivity contribution < 1.29 is 0 Å². The van der Waals surface area contributed by atoms with Crippen molar-refractivity contribution in [2.24, 2.45) is 5.92 Å². The van der Waals surface area contributed by atoms with Gasteiger partial charge in [0.1, 0.15) is 0 Å². The fourth-order valence-corrected chi connectivity index (χ4v) is 3.37. The Kier molecular flexibility index (Phi) is 4.87. The predicted octanol–water partition coefficient (Wildman–Crippen LogP) is 3.79. The molecule has 0 saturated heterocycles. The van der Waals surface area contributed by atoms with Gasteiger partial charge in [0.25, 0.3) is 0 Å². The number of hydrogen-bond donors (Lipinski definition) is 1. The third kappa shape index (κ3) is 3.17. The smallest absolute Gasteiger partial charge is 0.0223 e. The van der Waals surface area contributed by atoms with Gasteiger partial charge in [-0.2, -0.15) is 0 Å². The minimum atomic E-state index is 1.00. The van der Waals surface area contributed by atoms with E-state index in [-0.39, 0.29) is 0 Å². The number of hydrogen-bond acceptors (Lipinski definition) is 1. The zero-order chi connectivity index (χ0) is 13.0. The highest BCUT2D eigenvalue weighted by atomic mass is 15.0. The number of aryl methyl sites for hydroxylation is 1. The molecule has 0 aromatic carbocycles. The minimum absolute atomic E-state index is 1.00. The van der Waals surface area contributed by atoms with Gasteiger partial charge < -0.3 is 9.88 Å². The Hall–Kier alpha value is -0.760. The van der Waals surface area contributed by atoms with Gasteiger partial charge in [0.05, 0.1) is 0 Å². The summed E-state index contributed by atoms with van der Waals surface area (Å²) >= 11 is 0. The molecule has 18 heavy (non-hydrogen) atoms. The van der Waals surface area contributed by atoms with Gasteiger partial charge in [-0.05, 0) is 51.3 Å². The normalized spacial score (nSPS) is 16.6. The molecule has 1 aromatic heterocycles. The molecule has 0 unspecified atom stereocenters. The monoisotopic (exact) mass is 248 g/mol. The Morgan fingerprint density at radius 2 is 2.00 bits per heavy atom. The van der Waals surface area contributed by atoms with Crippen LogP contribution in [0.4, 0.5) is 0 Å². The van der Waals surface area contributed by atoms with Gasteiger partial charge in [-0.25, -0.2) is 0 Å².